The highest BCUT2D eigenvalue weighted by molar-refractivity contribution is 5.94. The van der Waals surface area contributed by atoms with Crippen LogP contribution in [0.3, 0.4) is 0 Å². The van der Waals surface area contributed by atoms with E-state index in [-0.39, 0.29) is 5.91 Å². The molecule has 27 heavy (non-hydrogen) atoms. The van der Waals surface area contributed by atoms with Crippen LogP contribution in [0.25, 0.3) is 11.0 Å². The van der Waals surface area contributed by atoms with Gasteiger partial charge in [-0.1, -0.05) is 12.1 Å². The Labute approximate surface area is 158 Å². The number of hydrogen-bond acceptors (Lipinski definition) is 4. The molecule has 1 aromatic heterocycles. The summed E-state index contributed by atoms with van der Waals surface area (Å²) < 4.78 is 5.21. The van der Waals surface area contributed by atoms with Gasteiger partial charge in [0.15, 0.2) is 0 Å². The Balaban J connectivity index is 1.63. The summed E-state index contributed by atoms with van der Waals surface area (Å²) in [5, 5.41) is 12.8. The zero-order valence-corrected chi connectivity index (χ0v) is 15.9. The van der Waals surface area contributed by atoms with Gasteiger partial charge in [-0.2, -0.15) is 0 Å². The summed E-state index contributed by atoms with van der Waals surface area (Å²) >= 11 is 0. The molecule has 0 unspecified atom stereocenters. The van der Waals surface area contributed by atoms with Crippen LogP contribution in [0.2, 0.25) is 0 Å². The monoisotopic (exact) mass is 367 g/mol. The smallest absolute Gasteiger partial charge is 0.251 e. The second-order valence-corrected chi connectivity index (χ2v) is 7.26. The first-order valence-electron chi connectivity index (χ1n) is 8.96. The molecule has 1 heterocycles. The average Bonchev–Trinajstić information content (AvgIpc) is 3.06. The van der Waals surface area contributed by atoms with Crippen LogP contribution >= 0.6 is 0 Å². The number of aryl methyl sites for hydroxylation is 1. The van der Waals surface area contributed by atoms with E-state index in [0.29, 0.717) is 24.4 Å². The number of imidazole rings is 1. The van der Waals surface area contributed by atoms with Gasteiger partial charge in [-0.05, 0) is 56.5 Å². The van der Waals surface area contributed by atoms with Crippen molar-refractivity contribution in [2.45, 2.75) is 38.8 Å². The number of nitrogens with zero attached hydrogens (tertiary/aromatic N) is 1. The zero-order chi connectivity index (χ0) is 19.4. The summed E-state index contributed by atoms with van der Waals surface area (Å²) in [6.07, 6.45) is 1.36. The molecule has 0 atom stereocenters. The number of nitrogens with one attached hydrogen (secondary N) is 2. The Morgan fingerprint density at radius 1 is 1.26 bits per heavy atom. The van der Waals surface area contributed by atoms with Gasteiger partial charge in [-0.25, -0.2) is 4.98 Å². The van der Waals surface area contributed by atoms with Crippen molar-refractivity contribution in [3.8, 4) is 5.75 Å². The summed E-state index contributed by atoms with van der Waals surface area (Å²) in [7, 11) is 1.62. The third-order valence-corrected chi connectivity index (χ3v) is 4.37. The van der Waals surface area contributed by atoms with Gasteiger partial charge < -0.3 is 20.1 Å². The van der Waals surface area contributed by atoms with E-state index in [1.54, 1.807) is 27.0 Å². The summed E-state index contributed by atoms with van der Waals surface area (Å²) in [5.41, 5.74) is 2.60. The van der Waals surface area contributed by atoms with E-state index in [1.807, 2.05) is 36.4 Å². The maximum absolute atomic E-state index is 12.5. The first kappa shape index (κ1) is 18.9. The number of hydrogen-bond donors (Lipinski definition) is 3. The number of carbonyl (C=O) groups is 1. The van der Waals surface area contributed by atoms with Crippen LogP contribution in [-0.4, -0.2) is 33.7 Å². The molecule has 3 aromatic rings. The molecule has 0 saturated carbocycles. The van der Waals surface area contributed by atoms with Gasteiger partial charge in [0.1, 0.15) is 11.6 Å². The molecule has 2 aromatic carbocycles. The van der Waals surface area contributed by atoms with Crippen LogP contribution in [0.4, 0.5) is 0 Å². The molecule has 3 N–H and O–H groups in total. The van der Waals surface area contributed by atoms with Crippen molar-refractivity contribution < 1.29 is 14.6 Å². The minimum absolute atomic E-state index is 0.154. The van der Waals surface area contributed by atoms with Crippen LogP contribution in [0.15, 0.2) is 42.5 Å². The summed E-state index contributed by atoms with van der Waals surface area (Å²) in [6, 6.07) is 13.1. The average molecular weight is 367 g/mol. The van der Waals surface area contributed by atoms with Crippen LogP contribution < -0.4 is 10.1 Å². The van der Waals surface area contributed by atoms with Crippen LogP contribution in [0.1, 0.15) is 42.0 Å². The Morgan fingerprint density at radius 3 is 2.81 bits per heavy atom. The number of H-pyrrole nitrogens is 1. The van der Waals surface area contributed by atoms with Gasteiger partial charge >= 0.3 is 0 Å². The molecule has 0 aliphatic rings. The number of carbonyl (C=O) groups excluding carboxylic acids is 1. The van der Waals surface area contributed by atoms with Gasteiger partial charge in [-0.3, -0.25) is 4.79 Å². The number of fused-ring (bicyclic) bond motifs is 1. The Morgan fingerprint density at radius 2 is 2.07 bits per heavy atom. The number of methoxy groups -OCH3 is 1. The lowest BCUT2D eigenvalue weighted by Gasteiger charge is -2.16. The lowest BCUT2D eigenvalue weighted by atomic mass is 9.98. The minimum Gasteiger partial charge on any atom is -0.497 e. The molecular weight excluding hydrogens is 342 g/mol. The number of benzene rings is 2. The topological polar surface area (TPSA) is 87.2 Å². The zero-order valence-electron chi connectivity index (χ0n) is 15.9. The van der Waals surface area contributed by atoms with Crippen molar-refractivity contribution in [3.63, 3.8) is 0 Å². The second-order valence-electron chi connectivity index (χ2n) is 7.26. The fraction of sp³-hybridized carbons (Fsp3) is 0.333. The number of rotatable bonds is 7. The van der Waals surface area contributed by atoms with E-state index in [9.17, 15) is 9.90 Å². The molecule has 142 valence electrons. The predicted octanol–water partition coefficient (Wildman–Crippen LogP) is 3.21. The predicted molar refractivity (Wildman–Crippen MR) is 105 cm³/mol. The maximum atomic E-state index is 12.5. The lowest BCUT2D eigenvalue weighted by molar-refractivity contribution is 0.0714. The van der Waals surface area contributed by atoms with E-state index in [4.69, 9.17) is 4.74 Å². The molecule has 0 aliphatic heterocycles. The van der Waals surface area contributed by atoms with E-state index < -0.39 is 5.60 Å². The number of aliphatic hydroxyl groups is 1. The van der Waals surface area contributed by atoms with Crippen LogP contribution in [0.5, 0.6) is 5.75 Å². The SMILES string of the molecule is COc1ccc2nc(CNC(=O)c3cccc(CCC(C)(C)O)c3)[nH]c2c1. The second kappa shape index (κ2) is 7.80. The molecule has 0 saturated heterocycles. The molecule has 0 aliphatic carbocycles. The highest BCUT2D eigenvalue weighted by Gasteiger charge is 2.13. The van der Waals surface area contributed by atoms with Crippen LogP contribution in [-0.2, 0) is 13.0 Å². The normalized spacial score (nSPS) is 11.6. The van der Waals surface area contributed by atoms with Gasteiger partial charge in [-0.15, -0.1) is 0 Å². The lowest BCUT2D eigenvalue weighted by Crippen LogP contribution is -2.23. The molecular formula is C21H25N3O3. The Kier molecular flexibility index (Phi) is 5.46. The highest BCUT2D eigenvalue weighted by atomic mass is 16.5. The van der Waals surface area contributed by atoms with Crippen molar-refractivity contribution in [1.82, 2.24) is 15.3 Å². The quantitative estimate of drug-likeness (QED) is 0.598. The van der Waals surface area contributed by atoms with E-state index >= 15 is 0 Å². The number of aromatic amines is 1. The molecule has 0 bridgehead atoms. The van der Waals surface area contributed by atoms with Crippen molar-refractivity contribution in [1.29, 1.82) is 0 Å². The van der Waals surface area contributed by atoms with Crippen molar-refractivity contribution in [2.24, 2.45) is 0 Å². The van der Waals surface area contributed by atoms with Crippen molar-refractivity contribution in [2.75, 3.05) is 7.11 Å². The molecule has 6 heteroatoms. The summed E-state index contributed by atoms with van der Waals surface area (Å²) in [5.74, 6) is 1.28. The minimum atomic E-state index is -0.720. The van der Waals surface area contributed by atoms with Crippen molar-refractivity contribution in [3.05, 3.63) is 59.4 Å². The third kappa shape index (κ3) is 5.08. The molecule has 3 rings (SSSR count). The summed E-state index contributed by atoms with van der Waals surface area (Å²) in [6.45, 7) is 3.88. The number of aromatic nitrogens is 2. The van der Waals surface area contributed by atoms with Gasteiger partial charge in [0, 0.05) is 11.6 Å². The first-order chi connectivity index (χ1) is 12.8. The Hall–Kier alpha value is -2.86. The molecule has 0 radical (unpaired) electrons. The van der Waals surface area contributed by atoms with Crippen molar-refractivity contribution >= 4 is 16.9 Å². The molecule has 0 fully saturated rings. The first-order valence-corrected chi connectivity index (χ1v) is 8.96. The largest absolute Gasteiger partial charge is 0.497 e. The molecule has 0 spiro atoms. The van der Waals surface area contributed by atoms with E-state index in [0.717, 1.165) is 28.8 Å². The Bertz CT molecular complexity index is 941. The van der Waals surface area contributed by atoms with Crippen LogP contribution in [0, 0.1) is 0 Å². The summed E-state index contributed by atoms with van der Waals surface area (Å²) in [4.78, 5) is 20.1. The maximum Gasteiger partial charge on any atom is 0.251 e. The van der Waals surface area contributed by atoms with E-state index in [1.165, 1.54) is 0 Å². The van der Waals surface area contributed by atoms with Gasteiger partial charge in [0.05, 0.1) is 30.3 Å². The third-order valence-electron chi connectivity index (χ3n) is 4.37. The van der Waals surface area contributed by atoms with Gasteiger partial charge in [0.25, 0.3) is 5.91 Å². The molecule has 1 amide bonds. The number of amides is 1. The fourth-order valence-electron chi connectivity index (χ4n) is 2.84. The van der Waals surface area contributed by atoms with E-state index in [2.05, 4.69) is 15.3 Å². The fourth-order valence-corrected chi connectivity index (χ4v) is 2.84. The highest BCUT2D eigenvalue weighted by Crippen LogP contribution is 2.19. The number of ether oxygens (including phenoxy) is 1. The van der Waals surface area contributed by atoms with Gasteiger partial charge in [0.2, 0.25) is 0 Å². The molecule has 6 nitrogen and oxygen atoms in total. The standard InChI is InChI=1S/C21H25N3O3/c1-21(2,26)10-9-14-5-4-6-15(11-14)20(25)22-13-19-23-17-8-7-16(27-3)12-18(17)24-19/h4-8,11-12,26H,9-10,13H2,1-3H3,(H,22,25)(H,23,24).